The molecule has 0 saturated heterocycles. The monoisotopic (exact) mass is 284 g/mol. The van der Waals surface area contributed by atoms with E-state index in [-0.39, 0.29) is 56.8 Å². The molecule has 0 amide bonds. The standard InChI is InChI=1S/C8H9O.C7H10NO.K/c1-2-9-8-6-4-3-5-7-8;1-7(2,3)6-4-5-8-9-6;/h4-7H,2H2,1H3;4H,1-3H3;/q2*-1;+1. The summed E-state index contributed by atoms with van der Waals surface area (Å²) in [6.07, 6.45) is 2.62. The van der Waals surface area contributed by atoms with Gasteiger partial charge in [0.1, 0.15) is 0 Å². The first-order valence-corrected chi connectivity index (χ1v) is 5.96. The van der Waals surface area contributed by atoms with Gasteiger partial charge in [0.15, 0.2) is 0 Å². The van der Waals surface area contributed by atoms with Gasteiger partial charge in [-0.05, 0) is 18.1 Å². The van der Waals surface area contributed by atoms with Crippen molar-refractivity contribution in [3.8, 4) is 5.75 Å². The zero-order valence-corrected chi connectivity index (χ0v) is 15.5. The van der Waals surface area contributed by atoms with Gasteiger partial charge in [0.25, 0.3) is 0 Å². The van der Waals surface area contributed by atoms with Gasteiger partial charge < -0.3 is 9.26 Å². The fourth-order valence-electron chi connectivity index (χ4n) is 1.17. The van der Waals surface area contributed by atoms with Crippen LogP contribution in [0.25, 0.3) is 0 Å². The molecule has 0 unspecified atom stereocenters. The number of benzene rings is 1. The van der Waals surface area contributed by atoms with Crippen LogP contribution in [-0.2, 0) is 5.41 Å². The molecule has 1 aromatic carbocycles. The molecular weight excluding hydrogens is 265 g/mol. The van der Waals surface area contributed by atoms with E-state index in [9.17, 15) is 0 Å². The Labute approximate surface area is 158 Å². The molecule has 0 aliphatic heterocycles. The molecule has 1 aromatic heterocycles. The molecule has 2 aromatic rings. The van der Waals surface area contributed by atoms with E-state index < -0.39 is 0 Å². The first-order valence-electron chi connectivity index (χ1n) is 5.96. The van der Waals surface area contributed by atoms with Crippen LogP contribution < -0.4 is 56.1 Å². The predicted octanol–water partition coefficient (Wildman–Crippen LogP) is 0.662. The largest absolute Gasteiger partial charge is 1.00 e. The Balaban J connectivity index is 0.000000324. The van der Waals surface area contributed by atoms with Gasteiger partial charge in [-0.1, -0.05) is 20.8 Å². The van der Waals surface area contributed by atoms with Gasteiger partial charge >= 0.3 is 51.4 Å². The molecule has 4 heteroatoms. The average molecular weight is 284 g/mol. The molecule has 0 bridgehead atoms. The number of aromatic nitrogens is 1. The molecule has 0 radical (unpaired) electrons. The summed E-state index contributed by atoms with van der Waals surface area (Å²) in [6, 6.07) is 12.1. The van der Waals surface area contributed by atoms with Crippen molar-refractivity contribution in [2.75, 3.05) is 6.61 Å². The molecule has 3 nitrogen and oxygen atoms in total. The van der Waals surface area contributed by atoms with Crippen molar-refractivity contribution in [1.82, 2.24) is 5.16 Å². The molecule has 0 fully saturated rings. The van der Waals surface area contributed by atoms with Crippen molar-refractivity contribution in [2.45, 2.75) is 33.1 Å². The average Bonchev–Trinajstić information content (AvgIpc) is 2.85. The molecule has 0 spiro atoms. The van der Waals surface area contributed by atoms with Crippen LogP contribution in [0.5, 0.6) is 5.75 Å². The van der Waals surface area contributed by atoms with Crippen LogP contribution >= 0.6 is 0 Å². The Morgan fingerprint density at radius 3 is 2.26 bits per heavy atom. The Kier molecular flexibility index (Phi) is 9.65. The SMILES string of the molecule is CC(C)(C)c1c[c-]no1.CCOc1cc[c-]cc1.[K+]. The number of ether oxygens (including phenoxy) is 1. The zero-order chi connectivity index (χ0) is 13.4. The van der Waals surface area contributed by atoms with Crippen LogP contribution in [-0.4, -0.2) is 11.8 Å². The normalized spacial score (nSPS) is 9.89. The maximum atomic E-state index is 5.19. The quantitative estimate of drug-likeness (QED) is 0.600. The molecule has 0 aliphatic carbocycles. The van der Waals surface area contributed by atoms with E-state index in [2.05, 4.69) is 38.2 Å². The predicted molar refractivity (Wildman–Crippen MR) is 70.5 cm³/mol. The zero-order valence-electron chi connectivity index (χ0n) is 12.4. The Hall–Kier alpha value is -0.134. The van der Waals surface area contributed by atoms with E-state index >= 15 is 0 Å². The third kappa shape index (κ3) is 7.90. The van der Waals surface area contributed by atoms with Crippen LogP contribution in [0.3, 0.4) is 0 Å². The minimum absolute atomic E-state index is 0. The fraction of sp³-hybridized carbons (Fsp3) is 0.400. The van der Waals surface area contributed by atoms with E-state index in [0.29, 0.717) is 0 Å². The summed E-state index contributed by atoms with van der Waals surface area (Å²) in [5, 5.41) is 3.49. The Morgan fingerprint density at radius 2 is 1.89 bits per heavy atom. The molecule has 2 rings (SSSR count). The molecular formula is C15H19KNO2-. The minimum atomic E-state index is 0. The van der Waals surface area contributed by atoms with Crippen LogP contribution in [0.1, 0.15) is 33.5 Å². The van der Waals surface area contributed by atoms with Crippen LogP contribution in [0.2, 0.25) is 0 Å². The maximum absolute atomic E-state index is 5.19. The van der Waals surface area contributed by atoms with Crippen molar-refractivity contribution in [3.05, 3.63) is 48.4 Å². The third-order valence-electron chi connectivity index (χ3n) is 2.13. The van der Waals surface area contributed by atoms with Gasteiger partial charge in [0.2, 0.25) is 0 Å². The molecule has 0 N–H and O–H groups in total. The summed E-state index contributed by atoms with van der Waals surface area (Å²) >= 11 is 0. The van der Waals surface area contributed by atoms with Crippen molar-refractivity contribution in [1.29, 1.82) is 0 Å². The van der Waals surface area contributed by atoms with Gasteiger partial charge in [0, 0.05) is 5.75 Å². The minimum Gasteiger partial charge on any atom is -0.519 e. The van der Waals surface area contributed by atoms with Gasteiger partial charge in [0.05, 0.1) is 6.61 Å². The first kappa shape index (κ1) is 18.9. The van der Waals surface area contributed by atoms with Crippen molar-refractivity contribution < 1.29 is 60.6 Å². The van der Waals surface area contributed by atoms with Crippen LogP contribution in [0, 0.1) is 12.3 Å². The molecule has 0 aliphatic rings. The smallest absolute Gasteiger partial charge is 0.519 e. The van der Waals surface area contributed by atoms with E-state index in [1.165, 1.54) is 0 Å². The van der Waals surface area contributed by atoms with Gasteiger partial charge in [-0.3, -0.25) is 0 Å². The molecule has 98 valence electrons. The van der Waals surface area contributed by atoms with E-state index in [1.807, 2.05) is 31.2 Å². The topological polar surface area (TPSA) is 35.3 Å². The second kappa shape index (κ2) is 9.72. The first-order chi connectivity index (χ1) is 8.54. The summed E-state index contributed by atoms with van der Waals surface area (Å²) < 4.78 is 10.1. The molecule has 19 heavy (non-hydrogen) atoms. The summed E-state index contributed by atoms with van der Waals surface area (Å²) in [4.78, 5) is 0. The number of hydrogen-bond donors (Lipinski definition) is 0. The second-order valence-electron chi connectivity index (χ2n) is 4.74. The summed E-state index contributed by atoms with van der Waals surface area (Å²) in [5.41, 5.74) is 0.0625. The van der Waals surface area contributed by atoms with E-state index in [1.54, 1.807) is 6.07 Å². The fourth-order valence-corrected chi connectivity index (χ4v) is 1.17. The molecule has 0 atom stereocenters. The molecule has 0 saturated carbocycles. The summed E-state index contributed by atoms with van der Waals surface area (Å²) in [7, 11) is 0. The Morgan fingerprint density at radius 1 is 1.26 bits per heavy atom. The van der Waals surface area contributed by atoms with Crippen molar-refractivity contribution >= 4 is 0 Å². The number of hydrogen-bond acceptors (Lipinski definition) is 3. The maximum Gasteiger partial charge on any atom is 1.00 e. The van der Waals surface area contributed by atoms with Gasteiger partial charge in [-0.2, -0.15) is 24.3 Å². The number of rotatable bonds is 2. The van der Waals surface area contributed by atoms with E-state index in [4.69, 9.17) is 9.26 Å². The van der Waals surface area contributed by atoms with Crippen molar-refractivity contribution in [2.24, 2.45) is 0 Å². The molecule has 1 heterocycles. The second-order valence-corrected chi connectivity index (χ2v) is 4.74. The third-order valence-corrected chi connectivity index (χ3v) is 2.13. The summed E-state index contributed by atoms with van der Waals surface area (Å²) in [6.45, 7) is 8.91. The van der Waals surface area contributed by atoms with Gasteiger partial charge in [-0.25, -0.2) is 5.16 Å². The van der Waals surface area contributed by atoms with Gasteiger partial charge in [-0.15, -0.1) is 18.3 Å². The van der Waals surface area contributed by atoms with E-state index in [0.717, 1.165) is 18.1 Å². The van der Waals surface area contributed by atoms with Crippen LogP contribution in [0.15, 0.2) is 34.9 Å². The summed E-state index contributed by atoms with van der Waals surface area (Å²) in [5.74, 6) is 1.79. The van der Waals surface area contributed by atoms with Crippen LogP contribution in [0.4, 0.5) is 0 Å². The van der Waals surface area contributed by atoms with Crippen molar-refractivity contribution in [3.63, 3.8) is 0 Å². The Bertz CT molecular complexity index is 421. The number of nitrogens with zero attached hydrogens (tertiary/aromatic N) is 1.